The molecule has 1 saturated carbocycles. The Morgan fingerprint density at radius 1 is 1.09 bits per heavy atom. The average Bonchev–Trinajstić information content (AvgIpc) is 2.79. The molecule has 0 aliphatic heterocycles. The molecule has 0 spiro atoms. The Morgan fingerprint density at radius 3 is 2.32 bits per heavy atom. The molecule has 1 atom stereocenters. The summed E-state index contributed by atoms with van der Waals surface area (Å²) in [6, 6.07) is 4.25. The number of carbonyl (C=O) groups excluding carboxylic acids is 3. The Balaban J connectivity index is 1.91. The van der Waals surface area contributed by atoms with Gasteiger partial charge in [0.2, 0.25) is 5.91 Å². The van der Waals surface area contributed by atoms with Gasteiger partial charge >= 0.3 is 6.09 Å². The summed E-state index contributed by atoms with van der Waals surface area (Å²) >= 11 is 6.26. The van der Waals surface area contributed by atoms with Crippen molar-refractivity contribution in [2.75, 3.05) is 13.7 Å². The minimum atomic E-state index is -0.659. The van der Waals surface area contributed by atoms with Gasteiger partial charge in [-0.1, -0.05) is 25.4 Å². The molecule has 3 N–H and O–H groups in total. The number of likely N-dealkylation sites (N-methyl/N-ethyl adjacent to an activating group) is 1. The van der Waals surface area contributed by atoms with E-state index in [0.29, 0.717) is 35.3 Å². The van der Waals surface area contributed by atoms with Crippen LogP contribution in [-0.4, -0.2) is 49.7 Å². The monoisotopic (exact) mass is 495 g/mol. The summed E-state index contributed by atoms with van der Waals surface area (Å²) in [5, 5.41) is 8.76. The van der Waals surface area contributed by atoms with Crippen LogP contribution in [-0.2, 0) is 9.53 Å². The molecule has 9 heteroatoms. The van der Waals surface area contributed by atoms with Gasteiger partial charge in [-0.3, -0.25) is 9.59 Å². The lowest BCUT2D eigenvalue weighted by molar-refractivity contribution is -0.123. The van der Waals surface area contributed by atoms with Crippen LogP contribution in [0.5, 0.6) is 5.75 Å². The van der Waals surface area contributed by atoms with E-state index in [1.165, 1.54) is 0 Å². The van der Waals surface area contributed by atoms with Gasteiger partial charge in [0.25, 0.3) is 5.91 Å². The normalized spacial score (nSPS) is 18.8. The predicted molar refractivity (Wildman–Crippen MR) is 132 cm³/mol. The van der Waals surface area contributed by atoms with Crippen LogP contribution < -0.4 is 20.7 Å². The molecule has 0 aromatic heterocycles. The van der Waals surface area contributed by atoms with Crippen molar-refractivity contribution in [2.45, 2.75) is 78.0 Å². The van der Waals surface area contributed by atoms with Gasteiger partial charge in [-0.05, 0) is 76.0 Å². The van der Waals surface area contributed by atoms with Crippen molar-refractivity contribution in [3.05, 3.63) is 28.8 Å². The van der Waals surface area contributed by atoms with Crippen molar-refractivity contribution in [1.82, 2.24) is 16.0 Å². The van der Waals surface area contributed by atoms with E-state index in [4.69, 9.17) is 21.1 Å². The average molecular weight is 496 g/mol. The number of rotatable bonds is 10. The van der Waals surface area contributed by atoms with Gasteiger partial charge in [0.15, 0.2) is 0 Å². The third-order valence-electron chi connectivity index (χ3n) is 5.71. The first-order valence-electron chi connectivity index (χ1n) is 12.0. The minimum absolute atomic E-state index is 0.0363. The molecule has 0 radical (unpaired) electrons. The first-order chi connectivity index (χ1) is 16.1. The lowest BCUT2D eigenvalue weighted by Gasteiger charge is -2.31. The van der Waals surface area contributed by atoms with Gasteiger partial charge in [0, 0.05) is 18.7 Å². The first kappa shape index (κ1) is 27.8. The van der Waals surface area contributed by atoms with E-state index in [-0.39, 0.29) is 36.0 Å². The van der Waals surface area contributed by atoms with Crippen molar-refractivity contribution in [3.8, 4) is 5.75 Å². The quantitative estimate of drug-likeness (QED) is 0.448. The van der Waals surface area contributed by atoms with Gasteiger partial charge in [-0.25, -0.2) is 4.79 Å². The highest BCUT2D eigenvalue weighted by molar-refractivity contribution is 6.32. The van der Waals surface area contributed by atoms with E-state index in [9.17, 15) is 14.4 Å². The highest BCUT2D eigenvalue weighted by Crippen LogP contribution is 2.29. The van der Waals surface area contributed by atoms with Gasteiger partial charge < -0.3 is 25.4 Å². The van der Waals surface area contributed by atoms with E-state index in [0.717, 1.165) is 25.7 Å². The summed E-state index contributed by atoms with van der Waals surface area (Å²) in [4.78, 5) is 37.2. The maximum absolute atomic E-state index is 12.8. The van der Waals surface area contributed by atoms with Crippen LogP contribution in [0.25, 0.3) is 0 Å². The van der Waals surface area contributed by atoms with Crippen LogP contribution in [0, 0.1) is 11.8 Å². The number of alkyl carbamates (subject to hydrolysis) is 1. The van der Waals surface area contributed by atoms with Gasteiger partial charge in [0.1, 0.15) is 11.8 Å². The fourth-order valence-corrected chi connectivity index (χ4v) is 4.19. The van der Waals surface area contributed by atoms with Crippen LogP contribution >= 0.6 is 11.6 Å². The molecule has 2 rings (SSSR count). The molecule has 3 amide bonds. The van der Waals surface area contributed by atoms with E-state index in [1.807, 2.05) is 27.7 Å². The molecule has 1 aliphatic carbocycles. The first-order valence-corrected chi connectivity index (χ1v) is 12.4. The summed E-state index contributed by atoms with van der Waals surface area (Å²) in [6.07, 6.45) is 3.43. The molecule has 1 aromatic carbocycles. The second kappa shape index (κ2) is 13.4. The van der Waals surface area contributed by atoms with Crippen molar-refractivity contribution in [3.63, 3.8) is 0 Å². The highest BCUT2D eigenvalue weighted by Gasteiger charge is 2.29. The third kappa shape index (κ3) is 9.05. The number of halogens is 1. The van der Waals surface area contributed by atoms with Crippen molar-refractivity contribution in [1.29, 1.82) is 0 Å². The number of hydrogen-bond acceptors (Lipinski definition) is 5. The van der Waals surface area contributed by atoms with E-state index >= 15 is 0 Å². The summed E-state index contributed by atoms with van der Waals surface area (Å²) < 4.78 is 10.8. The van der Waals surface area contributed by atoms with E-state index < -0.39 is 6.04 Å². The lowest BCUT2D eigenvalue weighted by atomic mass is 9.82. The number of nitrogens with one attached hydrogen (secondary N) is 3. The zero-order valence-electron chi connectivity index (χ0n) is 20.8. The summed E-state index contributed by atoms with van der Waals surface area (Å²) in [5.41, 5.74) is 0.364. The molecule has 34 heavy (non-hydrogen) atoms. The summed E-state index contributed by atoms with van der Waals surface area (Å²) in [5.74, 6) is 0.458. The molecule has 1 aromatic rings. The van der Waals surface area contributed by atoms with Gasteiger partial charge in [0.05, 0.1) is 17.7 Å². The zero-order chi connectivity index (χ0) is 25.3. The Bertz CT molecular complexity index is 838. The second-order valence-corrected chi connectivity index (χ2v) is 9.95. The second-order valence-electron chi connectivity index (χ2n) is 9.54. The largest absolute Gasteiger partial charge is 0.489 e. The predicted octanol–water partition coefficient (Wildman–Crippen LogP) is 4.30. The fourth-order valence-electron chi connectivity index (χ4n) is 3.97. The van der Waals surface area contributed by atoms with Crippen LogP contribution in [0.2, 0.25) is 5.02 Å². The molecule has 1 aliphatic rings. The molecule has 0 saturated heterocycles. The van der Waals surface area contributed by atoms with E-state index in [1.54, 1.807) is 25.2 Å². The van der Waals surface area contributed by atoms with Crippen LogP contribution in [0.3, 0.4) is 0 Å². The van der Waals surface area contributed by atoms with Crippen LogP contribution in [0.4, 0.5) is 4.79 Å². The van der Waals surface area contributed by atoms with Gasteiger partial charge in [-0.15, -0.1) is 0 Å². The fraction of sp³-hybridized carbons (Fsp3) is 0.640. The van der Waals surface area contributed by atoms with Crippen molar-refractivity contribution in [2.24, 2.45) is 11.8 Å². The Kier molecular flexibility index (Phi) is 11.0. The minimum Gasteiger partial charge on any atom is -0.489 e. The topological polar surface area (TPSA) is 106 Å². The third-order valence-corrected chi connectivity index (χ3v) is 6.01. The standard InChI is InChI=1S/C25H38ClN3O5/c1-15(2)14-33-25(32)28-19-9-6-17(7-10-19)12-21(24(31)27-5)29-23(30)18-8-11-22(20(26)13-18)34-16(3)4/h8,11,13,15-17,19,21H,6-7,9-10,12,14H2,1-5H3,(H,27,31)(H,28,32)(H,29,30). The number of carbonyl (C=O) groups is 3. The molecule has 0 bridgehead atoms. The van der Waals surface area contributed by atoms with Crippen LogP contribution in [0.1, 0.15) is 70.2 Å². The Morgan fingerprint density at radius 2 is 1.76 bits per heavy atom. The maximum Gasteiger partial charge on any atom is 0.407 e. The van der Waals surface area contributed by atoms with Gasteiger partial charge in [-0.2, -0.15) is 0 Å². The molecular weight excluding hydrogens is 458 g/mol. The number of amides is 3. The van der Waals surface area contributed by atoms with Crippen molar-refractivity contribution < 1.29 is 23.9 Å². The Hall–Kier alpha value is -2.48. The Labute approximate surface area is 207 Å². The highest BCUT2D eigenvalue weighted by atomic mass is 35.5. The molecule has 190 valence electrons. The molecule has 8 nitrogen and oxygen atoms in total. The number of ether oxygens (including phenoxy) is 2. The number of benzene rings is 1. The lowest BCUT2D eigenvalue weighted by Crippen LogP contribution is -2.47. The smallest absolute Gasteiger partial charge is 0.407 e. The zero-order valence-corrected chi connectivity index (χ0v) is 21.5. The molecule has 1 fully saturated rings. The van der Waals surface area contributed by atoms with Crippen LogP contribution in [0.15, 0.2) is 18.2 Å². The molecule has 1 unspecified atom stereocenters. The molecule has 0 heterocycles. The van der Waals surface area contributed by atoms with E-state index in [2.05, 4.69) is 16.0 Å². The maximum atomic E-state index is 12.8. The van der Waals surface area contributed by atoms with Crippen molar-refractivity contribution >= 4 is 29.5 Å². The summed E-state index contributed by atoms with van der Waals surface area (Å²) in [7, 11) is 1.56. The SMILES string of the molecule is CNC(=O)C(CC1CCC(NC(=O)OCC(C)C)CC1)NC(=O)c1ccc(OC(C)C)c(Cl)c1. The molecular formula is C25H38ClN3O5. The number of hydrogen-bond donors (Lipinski definition) is 3. The summed E-state index contributed by atoms with van der Waals surface area (Å²) in [6.45, 7) is 8.17.